The van der Waals surface area contributed by atoms with Gasteiger partial charge in [-0.05, 0) is 23.7 Å². The molecule has 2 atom stereocenters. The summed E-state index contributed by atoms with van der Waals surface area (Å²) >= 11 is 13.4. The van der Waals surface area contributed by atoms with E-state index in [0.717, 1.165) is 40.9 Å². The first-order chi connectivity index (χ1) is 8.24. The molecule has 7 heteroatoms. The molecule has 17 heavy (non-hydrogen) atoms. The second-order valence-corrected chi connectivity index (χ2v) is 8.05. The van der Waals surface area contributed by atoms with Gasteiger partial charge in [0.15, 0.2) is 0 Å². The fourth-order valence-electron chi connectivity index (χ4n) is 1.04. The normalized spacial score (nSPS) is 14.8. The average Bonchev–Trinajstić information content (AvgIpc) is 2.35. The first kappa shape index (κ1) is 18.7. The van der Waals surface area contributed by atoms with Crippen molar-refractivity contribution in [2.75, 3.05) is 41.1 Å². The summed E-state index contributed by atoms with van der Waals surface area (Å²) in [5.41, 5.74) is -0.271. The van der Waals surface area contributed by atoms with Gasteiger partial charge < -0.3 is 10.2 Å². The minimum absolute atomic E-state index is 0.225. The largest absolute Gasteiger partial charge is 0.395 e. The lowest BCUT2D eigenvalue weighted by Gasteiger charge is -2.13. The summed E-state index contributed by atoms with van der Waals surface area (Å²) in [6.45, 7) is 0.225. The Balaban J connectivity index is 3.40. The number of hydrogen-bond acceptors (Lipinski definition) is 7. The van der Waals surface area contributed by atoms with Crippen LogP contribution >= 0.6 is 60.5 Å². The van der Waals surface area contributed by atoms with Gasteiger partial charge in [-0.3, -0.25) is 0 Å². The number of aliphatic hydroxyl groups is 2. The van der Waals surface area contributed by atoms with E-state index in [0.29, 0.717) is 5.25 Å². The van der Waals surface area contributed by atoms with Gasteiger partial charge in [0, 0.05) is 22.5 Å². The standard InChI is InChI=1S/C10H22O2S5/c11-7-9(16-5-2-13)8-15-4-1-10(12)17-6-3-14/h9-14H,1-8H2. The van der Waals surface area contributed by atoms with Crippen LogP contribution in [0.3, 0.4) is 0 Å². The Morgan fingerprint density at radius 2 is 1.65 bits per heavy atom. The Morgan fingerprint density at radius 3 is 2.24 bits per heavy atom. The van der Waals surface area contributed by atoms with E-state index in [4.69, 9.17) is 5.11 Å². The van der Waals surface area contributed by atoms with Gasteiger partial charge in [-0.25, -0.2) is 0 Å². The molecular weight excluding hydrogens is 312 g/mol. The molecule has 0 aliphatic carbocycles. The van der Waals surface area contributed by atoms with Gasteiger partial charge in [-0.15, -0.1) is 11.8 Å². The summed E-state index contributed by atoms with van der Waals surface area (Å²) in [6, 6.07) is 0. The maximum Gasteiger partial charge on any atom is 0.100 e. The van der Waals surface area contributed by atoms with Gasteiger partial charge in [0.05, 0.1) is 6.61 Å². The fourth-order valence-corrected chi connectivity index (χ4v) is 4.63. The second kappa shape index (κ2) is 14.1. The minimum Gasteiger partial charge on any atom is -0.395 e. The van der Waals surface area contributed by atoms with Crippen LogP contribution in [0, 0.1) is 0 Å². The van der Waals surface area contributed by atoms with E-state index in [1.54, 1.807) is 35.3 Å². The molecule has 2 unspecified atom stereocenters. The predicted molar refractivity (Wildman–Crippen MR) is 91.4 cm³/mol. The Kier molecular flexibility index (Phi) is 15.5. The van der Waals surface area contributed by atoms with E-state index >= 15 is 0 Å². The van der Waals surface area contributed by atoms with Crippen molar-refractivity contribution in [2.24, 2.45) is 0 Å². The summed E-state index contributed by atoms with van der Waals surface area (Å²) in [7, 11) is 0. The molecular formula is C10H22O2S5. The lowest BCUT2D eigenvalue weighted by molar-refractivity contribution is 0.261. The molecule has 0 saturated carbocycles. The smallest absolute Gasteiger partial charge is 0.100 e. The molecule has 0 aliphatic rings. The number of thiol groups is 2. The van der Waals surface area contributed by atoms with E-state index < -0.39 is 0 Å². The maximum absolute atomic E-state index is 9.60. The van der Waals surface area contributed by atoms with Crippen molar-refractivity contribution in [3.05, 3.63) is 0 Å². The Hall–Kier alpha value is 1.67. The highest BCUT2D eigenvalue weighted by atomic mass is 32.2. The van der Waals surface area contributed by atoms with Gasteiger partial charge >= 0.3 is 0 Å². The molecule has 0 amide bonds. The Labute approximate surface area is 128 Å². The molecule has 0 spiro atoms. The fraction of sp³-hybridized carbons (Fsp3) is 1.00. The van der Waals surface area contributed by atoms with Gasteiger partial charge in [-0.2, -0.15) is 48.8 Å². The van der Waals surface area contributed by atoms with Gasteiger partial charge in [0.1, 0.15) is 5.44 Å². The molecule has 0 aromatic rings. The van der Waals surface area contributed by atoms with E-state index in [-0.39, 0.29) is 12.0 Å². The lowest BCUT2D eigenvalue weighted by atomic mass is 10.5. The molecule has 0 bridgehead atoms. The van der Waals surface area contributed by atoms with Crippen LogP contribution in [0.4, 0.5) is 0 Å². The summed E-state index contributed by atoms with van der Waals surface area (Å²) in [5, 5.41) is 19.1. The molecule has 0 fully saturated rings. The number of rotatable bonds is 12. The second-order valence-electron chi connectivity index (χ2n) is 3.31. The van der Waals surface area contributed by atoms with Crippen molar-refractivity contribution in [2.45, 2.75) is 17.1 Å². The monoisotopic (exact) mass is 334 g/mol. The lowest BCUT2D eigenvalue weighted by Crippen LogP contribution is -2.14. The van der Waals surface area contributed by atoms with Crippen LogP contribution in [-0.2, 0) is 0 Å². The van der Waals surface area contributed by atoms with E-state index in [2.05, 4.69) is 25.3 Å². The first-order valence-electron chi connectivity index (χ1n) is 5.56. The van der Waals surface area contributed by atoms with Crippen molar-refractivity contribution >= 4 is 60.5 Å². The highest BCUT2D eigenvalue weighted by Crippen LogP contribution is 2.19. The Bertz CT molecular complexity index is 162. The average molecular weight is 335 g/mol. The minimum atomic E-state index is -0.271. The van der Waals surface area contributed by atoms with Crippen LogP contribution in [0.2, 0.25) is 0 Å². The zero-order valence-corrected chi connectivity index (χ0v) is 14.1. The highest BCUT2D eigenvalue weighted by molar-refractivity contribution is 8.03. The van der Waals surface area contributed by atoms with E-state index in [1.165, 1.54) is 0 Å². The van der Waals surface area contributed by atoms with Crippen LogP contribution in [0.25, 0.3) is 0 Å². The van der Waals surface area contributed by atoms with Gasteiger partial charge in [0.2, 0.25) is 0 Å². The van der Waals surface area contributed by atoms with Crippen LogP contribution in [0.5, 0.6) is 0 Å². The molecule has 0 aliphatic heterocycles. The van der Waals surface area contributed by atoms with Crippen LogP contribution < -0.4 is 0 Å². The topological polar surface area (TPSA) is 40.5 Å². The number of thioether (sulfide) groups is 3. The highest BCUT2D eigenvalue weighted by Gasteiger charge is 2.09. The SMILES string of the molecule is OCC(CSCCC(O)SCCS)SCCS. The van der Waals surface area contributed by atoms with Crippen LogP contribution in [0.15, 0.2) is 0 Å². The molecule has 2 N–H and O–H groups in total. The Morgan fingerprint density at radius 1 is 1.00 bits per heavy atom. The zero-order valence-electron chi connectivity index (χ0n) is 9.83. The third-order valence-electron chi connectivity index (χ3n) is 1.86. The molecule has 2 nitrogen and oxygen atoms in total. The van der Waals surface area contributed by atoms with Crippen molar-refractivity contribution in [3.8, 4) is 0 Å². The van der Waals surface area contributed by atoms with Crippen molar-refractivity contribution in [3.63, 3.8) is 0 Å². The van der Waals surface area contributed by atoms with Gasteiger partial charge in [-0.1, -0.05) is 0 Å². The molecule has 0 aromatic heterocycles. The third-order valence-corrected chi connectivity index (χ3v) is 6.58. The van der Waals surface area contributed by atoms with E-state index in [9.17, 15) is 5.11 Å². The van der Waals surface area contributed by atoms with Crippen LogP contribution in [0.1, 0.15) is 6.42 Å². The molecule has 0 radical (unpaired) electrons. The van der Waals surface area contributed by atoms with Crippen molar-refractivity contribution < 1.29 is 10.2 Å². The predicted octanol–water partition coefficient (Wildman–Crippen LogP) is 2.12. The quantitative estimate of drug-likeness (QED) is 0.250. The summed E-state index contributed by atoms with van der Waals surface area (Å²) < 4.78 is 0. The zero-order chi connectivity index (χ0) is 12.9. The molecule has 0 heterocycles. The van der Waals surface area contributed by atoms with Crippen molar-refractivity contribution in [1.29, 1.82) is 0 Å². The van der Waals surface area contributed by atoms with Crippen LogP contribution in [-0.4, -0.2) is 62.0 Å². The third kappa shape index (κ3) is 12.4. The summed E-state index contributed by atoms with van der Waals surface area (Å²) in [5.74, 6) is 5.42. The van der Waals surface area contributed by atoms with Gasteiger partial charge in [0.25, 0.3) is 0 Å². The molecule has 0 rings (SSSR count). The summed E-state index contributed by atoms with van der Waals surface area (Å²) in [6.07, 6.45) is 0.804. The van der Waals surface area contributed by atoms with Crippen molar-refractivity contribution in [1.82, 2.24) is 0 Å². The summed E-state index contributed by atoms with van der Waals surface area (Å²) in [4.78, 5) is 0. The molecule has 0 aromatic carbocycles. The maximum atomic E-state index is 9.60. The molecule has 0 saturated heterocycles. The number of hydrogen-bond donors (Lipinski definition) is 4. The first-order valence-corrected chi connectivity index (χ1v) is 10.1. The van der Waals surface area contributed by atoms with E-state index in [1.807, 2.05) is 0 Å². The molecule has 104 valence electrons. The number of aliphatic hydroxyl groups excluding tert-OH is 2.